The van der Waals surface area contributed by atoms with Gasteiger partial charge in [0, 0.05) is 7.05 Å². The highest BCUT2D eigenvalue weighted by molar-refractivity contribution is 7.13. The summed E-state index contributed by atoms with van der Waals surface area (Å²) in [6, 6.07) is 0. The second-order valence-corrected chi connectivity index (χ2v) is 3.38. The summed E-state index contributed by atoms with van der Waals surface area (Å²) in [6.07, 6.45) is 0.861. The SMILES string of the molecule is CNC(=O)c1cnc(C(C)O)s1. The summed E-state index contributed by atoms with van der Waals surface area (Å²) in [5.41, 5.74) is 0. The van der Waals surface area contributed by atoms with Crippen LogP contribution in [0.25, 0.3) is 0 Å². The Balaban J connectivity index is 2.84. The van der Waals surface area contributed by atoms with Crippen molar-refractivity contribution in [1.29, 1.82) is 0 Å². The van der Waals surface area contributed by atoms with Crippen molar-refractivity contribution in [1.82, 2.24) is 10.3 Å². The van der Waals surface area contributed by atoms with Crippen LogP contribution in [0.15, 0.2) is 6.20 Å². The Morgan fingerprint density at radius 1 is 1.83 bits per heavy atom. The molecule has 66 valence electrons. The maximum absolute atomic E-state index is 11.0. The number of aliphatic hydroxyl groups excluding tert-OH is 1. The van der Waals surface area contributed by atoms with Crippen molar-refractivity contribution in [3.05, 3.63) is 16.1 Å². The molecule has 0 aliphatic heterocycles. The first-order valence-electron chi connectivity index (χ1n) is 3.51. The lowest BCUT2D eigenvalue weighted by molar-refractivity contribution is 0.0967. The van der Waals surface area contributed by atoms with Crippen LogP contribution in [0, 0.1) is 0 Å². The first kappa shape index (κ1) is 9.15. The van der Waals surface area contributed by atoms with Crippen LogP contribution in [-0.2, 0) is 0 Å². The Morgan fingerprint density at radius 3 is 2.92 bits per heavy atom. The number of amides is 1. The average Bonchev–Trinajstić information content (AvgIpc) is 2.51. The van der Waals surface area contributed by atoms with E-state index in [-0.39, 0.29) is 5.91 Å². The Kier molecular flexibility index (Phi) is 2.78. The molecule has 1 unspecified atom stereocenters. The zero-order valence-corrected chi connectivity index (χ0v) is 7.68. The summed E-state index contributed by atoms with van der Waals surface area (Å²) in [6.45, 7) is 1.62. The van der Waals surface area contributed by atoms with Crippen LogP contribution in [0.1, 0.15) is 27.7 Å². The van der Waals surface area contributed by atoms with Crippen molar-refractivity contribution in [2.24, 2.45) is 0 Å². The van der Waals surface area contributed by atoms with E-state index in [1.807, 2.05) is 0 Å². The monoisotopic (exact) mass is 186 g/mol. The zero-order valence-electron chi connectivity index (χ0n) is 6.87. The lowest BCUT2D eigenvalue weighted by Gasteiger charge is -1.95. The number of rotatable bonds is 2. The van der Waals surface area contributed by atoms with Gasteiger partial charge in [-0.3, -0.25) is 4.79 Å². The molecular formula is C7H10N2O2S. The lowest BCUT2D eigenvalue weighted by atomic mass is 10.4. The molecule has 0 spiro atoms. The highest BCUT2D eigenvalue weighted by atomic mass is 32.1. The number of carbonyl (C=O) groups is 1. The highest BCUT2D eigenvalue weighted by Gasteiger charge is 2.11. The molecule has 5 heteroatoms. The Morgan fingerprint density at radius 2 is 2.50 bits per heavy atom. The molecule has 1 atom stereocenters. The molecule has 0 aromatic carbocycles. The molecule has 12 heavy (non-hydrogen) atoms. The number of nitrogens with zero attached hydrogens (tertiary/aromatic N) is 1. The van der Waals surface area contributed by atoms with Gasteiger partial charge in [-0.2, -0.15) is 0 Å². The van der Waals surface area contributed by atoms with Crippen molar-refractivity contribution < 1.29 is 9.90 Å². The van der Waals surface area contributed by atoms with Gasteiger partial charge in [-0.15, -0.1) is 11.3 Å². The minimum atomic E-state index is -0.603. The first-order chi connectivity index (χ1) is 5.65. The molecule has 0 aliphatic carbocycles. The number of carbonyl (C=O) groups excluding carboxylic acids is 1. The average molecular weight is 186 g/mol. The van der Waals surface area contributed by atoms with Crippen LogP contribution >= 0.6 is 11.3 Å². The van der Waals surface area contributed by atoms with E-state index in [0.29, 0.717) is 9.88 Å². The standard InChI is InChI=1S/C7H10N2O2S/c1-4(10)7-9-3-5(12-7)6(11)8-2/h3-4,10H,1-2H3,(H,8,11). The molecule has 0 bridgehead atoms. The molecule has 0 aliphatic rings. The van der Waals surface area contributed by atoms with Gasteiger partial charge in [0.05, 0.1) is 6.20 Å². The van der Waals surface area contributed by atoms with Crippen molar-refractivity contribution in [3.63, 3.8) is 0 Å². The van der Waals surface area contributed by atoms with E-state index in [0.717, 1.165) is 0 Å². The lowest BCUT2D eigenvalue weighted by Crippen LogP contribution is -2.16. The highest BCUT2D eigenvalue weighted by Crippen LogP contribution is 2.18. The van der Waals surface area contributed by atoms with Gasteiger partial charge in [0.25, 0.3) is 5.91 Å². The molecule has 1 aromatic rings. The minimum absolute atomic E-state index is 0.167. The molecule has 0 fully saturated rings. The van der Waals surface area contributed by atoms with Gasteiger partial charge in [0.1, 0.15) is 16.0 Å². The smallest absolute Gasteiger partial charge is 0.262 e. The molecule has 1 aromatic heterocycles. The van der Waals surface area contributed by atoms with Gasteiger partial charge in [-0.1, -0.05) is 0 Å². The van der Waals surface area contributed by atoms with Gasteiger partial charge < -0.3 is 10.4 Å². The fourth-order valence-corrected chi connectivity index (χ4v) is 1.51. The van der Waals surface area contributed by atoms with E-state index >= 15 is 0 Å². The number of thiazole rings is 1. The van der Waals surface area contributed by atoms with Crippen molar-refractivity contribution >= 4 is 17.2 Å². The van der Waals surface area contributed by atoms with Gasteiger partial charge in [-0.05, 0) is 6.92 Å². The third kappa shape index (κ3) is 1.80. The number of hydrogen-bond donors (Lipinski definition) is 2. The molecular weight excluding hydrogens is 176 g/mol. The van der Waals surface area contributed by atoms with E-state index < -0.39 is 6.10 Å². The summed E-state index contributed by atoms with van der Waals surface area (Å²) in [5.74, 6) is -0.167. The summed E-state index contributed by atoms with van der Waals surface area (Å²) < 4.78 is 0. The topological polar surface area (TPSA) is 62.2 Å². The molecule has 0 radical (unpaired) electrons. The second kappa shape index (κ2) is 3.64. The molecule has 2 N–H and O–H groups in total. The Bertz CT molecular complexity index is 283. The third-order valence-electron chi connectivity index (χ3n) is 1.33. The van der Waals surface area contributed by atoms with E-state index in [2.05, 4.69) is 10.3 Å². The van der Waals surface area contributed by atoms with E-state index in [1.165, 1.54) is 17.5 Å². The van der Waals surface area contributed by atoms with Crippen molar-refractivity contribution in [2.75, 3.05) is 7.05 Å². The van der Waals surface area contributed by atoms with Crippen LogP contribution in [0.5, 0.6) is 0 Å². The quantitative estimate of drug-likeness (QED) is 0.709. The number of aliphatic hydroxyl groups is 1. The fraction of sp³-hybridized carbons (Fsp3) is 0.429. The van der Waals surface area contributed by atoms with Gasteiger partial charge in [0.2, 0.25) is 0 Å². The Labute approximate surface area is 74.3 Å². The molecule has 0 saturated heterocycles. The van der Waals surface area contributed by atoms with Gasteiger partial charge in [-0.25, -0.2) is 4.98 Å². The predicted octanol–water partition coefficient (Wildman–Crippen LogP) is 0.556. The van der Waals surface area contributed by atoms with Crippen LogP contribution in [0.3, 0.4) is 0 Å². The van der Waals surface area contributed by atoms with Crippen molar-refractivity contribution in [3.8, 4) is 0 Å². The van der Waals surface area contributed by atoms with Gasteiger partial charge >= 0.3 is 0 Å². The molecule has 1 heterocycles. The van der Waals surface area contributed by atoms with Crippen LogP contribution in [0.4, 0.5) is 0 Å². The number of nitrogens with one attached hydrogen (secondary N) is 1. The van der Waals surface area contributed by atoms with Crippen LogP contribution < -0.4 is 5.32 Å². The largest absolute Gasteiger partial charge is 0.386 e. The molecule has 1 rings (SSSR count). The Hall–Kier alpha value is -0.940. The van der Waals surface area contributed by atoms with Crippen LogP contribution in [-0.4, -0.2) is 23.0 Å². The maximum Gasteiger partial charge on any atom is 0.262 e. The first-order valence-corrected chi connectivity index (χ1v) is 4.32. The minimum Gasteiger partial charge on any atom is -0.386 e. The van der Waals surface area contributed by atoms with Gasteiger partial charge in [0.15, 0.2) is 0 Å². The van der Waals surface area contributed by atoms with Crippen LogP contribution in [0.2, 0.25) is 0 Å². The predicted molar refractivity (Wildman–Crippen MR) is 46.1 cm³/mol. The summed E-state index contributed by atoms with van der Waals surface area (Å²) >= 11 is 1.20. The van der Waals surface area contributed by atoms with Crippen molar-refractivity contribution in [2.45, 2.75) is 13.0 Å². The number of hydrogen-bond acceptors (Lipinski definition) is 4. The third-order valence-corrected chi connectivity index (χ3v) is 2.50. The fourth-order valence-electron chi connectivity index (χ4n) is 0.709. The molecule has 1 amide bonds. The normalized spacial score (nSPS) is 12.6. The molecule has 0 saturated carbocycles. The zero-order chi connectivity index (χ0) is 9.14. The summed E-state index contributed by atoms with van der Waals surface area (Å²) in [5, 5.41) is 12.2. The summed E-state index contributed by atoms with van der Waals surface area (Å²) in [4.78, 5) is 15.4. The van der Waals surface area contributed by atoms with E-state index in [9.17, 15) is 4.79 Å². The summed E-state index contributed by atoms with van der Waals surface area (Å²) in [7, 11) is 1.56. The number of aromatic nitrogens is 1. The molecule has 4 nitrogen and oxygen atoms in total. The van der Waals surface area contributed by atoms with E-state index in [4.69, 9.17) is 5.11 Å². The van der Waals surface area contributed by atoms with E-state index in [1.54, 1.807) is 14.0 Å². The maximum atomic E-state index is 11.0. The second-order valence-electron chi connectivity index (χ2n) is 2.32.